The molecule has 1 rings (SSSR count). The molecule has 1 aliphatic rings. The van der Waals surface area contributed by atoms with Gasteiger partial charge in [-0.3, -0.25) is 0 Å². The normalized spacial score (nSPS) is 40.2. The average Bonchev–Trinajstić information content (AvgIpc) is 2.30. The van der Waals surface area contributed by atoms with Gasteiger partial charge in [-0.1, -0.05) is 6.92 Å². The van der Waals surface area contributed by atoms with E-state index in [0.717, 1.165) is 0 Å². The number of alkyl halides is 1. The molecular formula is C7H12BFOS2. The minimum atomic E-state index is -1.11. The molecule has 1 aliphatic heterocycles. The van der Waals surface area contributed by atoms with Crippen molar-refractivity contribution in [2.75, 3.05) is 11.5 Å². The number of hydrogen-bond donors (Lipinski definition) is 2. The van der Waals surface area contributed by atoms with Gasteiger partial charge >= 0.3 is 0 Å². The Bertz CT molecular complexity index is 165. The van der Waals surface area contributed by atoms with Crippen molar-refractivity contribution in [2.45, 2.75) is 24.7 Å². The Kier molecular flexibility index (Phi) is 3.40. The summed E-state index contributed by atoms with van der Waals surface area (Å²) in [7, 11) is 5.43. The van der Waals surface area contributed by atoms with Gasteiger partial charge in [0.2, 0.25) is 0 Å². The van der Waals surface area contributed by atoms with E-state index in [1.54, 1.807) is 6.92 Å². The Morgan fingerprint density at radius 2 is 2.00 bits per heavy atom. The molecule has 0 amide bonds. The Morgan fingerprint density at radius 3 is 2.17 bits per heavy atom. The van der Waals surface area contributed by atoms with Crippen molar-refractivity contribution >= 4 is 33.1 Å². The molecule has 3 atom stereocenters. The van der Waals surface area contributed by atoms with Crippen LogP contribution in [0.15, 0.2) is 0 Å². The second kappa shape index (κ2) is 3.80. The summed E-state index contributed by atoms with van der Waals surface area (Å²) in [4.78, 5) is 0. The quantitative estimate of drug-likeness (QED) is 0.507. The van der Waals surface area contributed by atoms with Crippen LogP contribution in [0.1, 0.15) is 6.92 Å². The van der Waals surface area contributed by atoms with E-state index in [0.29, 0.717) is 11.5 Å². The van der Waals surface area contributed by atoms with Gasteiger partial charge in [0.1, 0.15) is 14.0 Å². The van der Waals surface area contributed by atoms with Gasteiger partial charge in [-0.05, 0) is 0 Å². The second-order valence-corrected chi connectivity index (χ2v) is 3.83. The molecule has 0 N–H and O–H groups in total. The number of halogens is 1. The molecule has 1 saturated heterocycles. The summed E-state index contributed by atoms with van der Waals surface area (Å²) >= 11 is 8.25. The lowest BCUT2D eigenvalue weighted by Crippen LogP contribution is -2.40. The fourth-order valence-corrected chi connectivity index (χ4v) is 2.56. The molecule has 1 nitrogen and oxygen atoms in total. The summed E-state index contributed by atoms with van der Waals surface area (Å²) in [5.41, 5.74) is -0.592. The number of rotatable bonds is 2. The molecule has 68 valence electrons. The summed E-state index contributed by atoms with van der Waals surface area (Å²) in [6, 6.07) is -0.820. The van der Waals surface area contributed by atoms with Crippen molar-refractivity contribution in [1.82, 2.24) is 0 Å². The molecule has 0 spiro atoms. The van der Waals surface area contributed by atoms with Crippen LogP contribution >= 0.6 is 25.3 Å². The second-order valence-electron chi connectivity index (χ2n) is 3.20. The zero-order chi connectivity index (χ0) is 9.35. The molecule has 0 aliphatic carbocycles. The lowest BCUT2D eigenvalue weighted by atomic mass is 9.85. The summed E-state index contributed by atoms with van der Waals surface area (Å²) in [5, 5.41) is 0. The van der Waals surface area contributed by atoms with Gasteiger partial charge in [0.15, 0.2) is 0 Å². The van der Waals surface area contributed by atoms with Crippen LogP contribution in [-0.2, 0) is 4.74 Å². The van der Waals surface area contributed by atoms with Gasteiger partial charge in [0.05, 0.1) is 5.60 Å². The fraction of sp³-hybridized carbons (Fsp3) is 1.00. The van der Waals surface area contributed by atoms with Gasteiger partial charge in [-0.15, -0.1) is 0 Å². The van der Waals surface area contributed by atoms with E-state index >= 15 is 0 Å². The number of thiol groups is 2. The van der Waals surface area contributed by atoms with Crippen LogP contribution in [0.3, 0.4) is 0 Å². The van der Waals surface area contributed by atoms with Crippen LogP contribution in [0.4, 0.5) is 4.39 Å². The van der Waals surface area contributed by atoms with E-state index in [4.69, 9.17) is 12.6 Å². The van der Waals surface area contributed by atoms with E-state index in [2.05, 4.69) is 25.3 Å². The van der Waals surface area contributed by atoms with E-state index < -0.39 is 17.8 Å². The first-order valence-electron chi connectivity index (χ1n) is 3.86. The molecule has 0 aromatic heterocycles. The molecule has 1 fully saturated rings. The molecule has 1 unspecified atom stereocenters. The Morgan fingerprint density at radius 1 is 1.50 bits per heavy atom. The van der Waals surface area contributed by atoms with Crippen LogP contribution in [0, 0.1) is 5.92 Å². The maximum atomic E-state index is 13.3. The lowest BCUT2D eigenvalue weighted by Gasteiger charge is -2.29. The summed E-state index contributed by atoms with van der Waals surface area (Å²) in [6.07, 6.45) is -1.11. The van der Waals surface area contributed by atoms with Gasteiger partial charge in [-0.2, -0.15) is 25.3 Å². The first-order valence-corrected chi connectivity index (χ1v) is 5.13. The molecule has 5 heteroatoms. The third-order valence-corrected chi connectivity index (χ3v) is 3.60. The van der Waals surface area contributed by atoms with Crippen LogP contribution < -0.4 is 0 Å². The highest BCUT2D eigenvalue weighted by atomic mass is 32.1. The van der Waals surface area contributed by atoms with Crippen molar-refractivity contribution in [2.24, 2.45) is 5.92 Å². The monoisotopic (exact) mass is 206 g/mol. The van der Waals surface area contributed by atoms with Crippen molar-refractivity contribution in [1.29, 1.82) is 0 Å². The fourth-order valence-electron chi connectivity index (χ4n) is 1.43. The first kappa shape index (κ1) is 10.7. The summed E-state index contributed by atoms with van der Waals surface area (Å²) in [5.74, 6) is 0.667. The Balaban J connectivity index is 2.79. The zero-order valence-electron chi connectivity index (χ0n) is 6.90. The molecule has 0 aromatic rings. The minimum absolute atomic E-state index is 0.234. The molecule has 2 radical (unpaired) electrons. The predicted molar refractivity (Wildman–Crippen MR) is 55.1 cm³/mol. The van der Waals surface area contributed by atoms with Crippen molar-refractivity contribution in [3.05, 3.63) is 0 Å². The molecule has 12 heavy (non-hydrogen) atoms. The van der Waals surface area contributed by atoms with Crippen LogP contribution in [0.5, 0.6) is 0 Å². The van der Waals surface area contributed by atoms with Crippen LogP contribution in [0.25, 0.3) is 0 Å². The third-order valence-electron chi connectivity index (χ3n) is 2.53. The Labute approximate surface area is 84.7 Å². The maximum Gasteiger partial charge on any atom is 0.123 e. The first-order chi connectivity index (χ1) is 5.57. The topological polar surface area (TPSA) is 9.23 Å². The maximum absolute atomic E-state index is 13.3. The van der Waals surface area contributed by atoms with E-state index in [1.807, 2.05) is 0 Å². The largest absolute Gasteiger partial charge is 0.376 e. The minimum Gasteiger partial charge on any atom is -0.376 e. The molecule has 1 heterocycles. The van der Waals surface area contributed by atoms with Crippen molar-refractivity contribution in [3.63, 3.8) is 0 Å². The highest BCUT2D eigenvalue weighted by molar-refractivity contribution is 7.81. The third kappa shape index (κ3) is 1.51. The molecular weight excluding hydrogens is 194 g/mol. The van der Waals surface area contributed by atoms with E-state index in [1.165, 1.54) is 0 Å². The Hall–Kier alpha value is 0.655. The van der Waals surface area contributed by atoms with Crippen LogP contribution in [-0.4, -0.2) is 37.1 Å². The van der Waals surface area contributed by atoms with Gasteiger partial charge in [0.25, 0.3) is 0 Å². The van der Waals surface area contributed by atoms with Crippen LogP contribution in [0.2, 0.25) is 0 Å². The number of hydrogen-bond acceptors (Lipinski definition) is 3. The van der Waals surface area contributed by atoms with E-state index in [-0.39, 0.29) is 5.92 Å². The summed E-state index contributed by atoms with van der Waals surface area (Å²) < 4.78 is 18.6. The lowest BCUT2D eigenvalue weighted by molar-refractivity contribution is 0.00768. The van der Waals surface area contributed by atoms with Gasteiger partial charge < -0.3 is 4.74 Å². The zero-order valence-corrected chi connectivity index (χ0v) is 8.69. The van der Waals surface area contributed by atoms with Gasteiger partial charge in [0, 0.05) is 23.4 Å². The highest BCUT2D eigenvalue weighted by Gasteiger charge is 2.49. The SMILES string of the molecule is [B][C@@H]1OC(CS)(CS)C(C)[C@@H]1F. The van der Waals surface area contributed by atoms with E-state index in [9.17, 15) is 4.39 Å². The van der Waals surface area contributed by atoms with Crippen molar-refractivity contribution < 1.29 is 9.13 Å². The van der Waals surface area contributed by atoms with Crippen molar-refractivity contribution in [3.8, 4) is 0 Å². The molecule has 0 aromatic carbocycles. The summed E-state index contributed by atoms with van der Waals surface area (Å²) in [6.45, 7) is 1.78. The smallest absolute Gasteiger partial charge is 0.123 e. The van der Waals surface area contributed by atoms with Gasteiger partial charge in [-0.25, -0.2) is 4.39 Å². The molecule has 0 bridgehead atoms. The molecule has 0 saturated carbocycles. The number of ether oxygens (including phenoxy) is 1. The highest BCUT2D eigenvalue weighted by Crippen LogP contribution is 2.38. The standard InChI is InChI=1S/C7H12BFOS2/c1-4-5(9)6(8)10-7(4,2-11)3-12/h4-6,11-12H,2-3H2,1H3/t4?,5-,6+/m0/s1. The average molecular weight is 206 g/mol. The predicted octanol–water partition coefficient (Wildman–Crippen LogP) is 1.08.